The van der Waals surface area contributed by atoms with Crippen LogP contribution in [0.4, 0.5) is 5.13 Å². The molecule has 1 aliphatic rings. The minimum atomic E-state index is -3.53. The fourth-order valence-corrected chi connectivity index (χ4v) is 6.16. The first-order chi connectivity index (χ1) is 15.6. The van der Waals surface area contributed by atoms with Crippen molar-refractivity contribution in [1.29, 1.82) is 0 Å². The molecule has 1 fully saturated rings. The Morgan fingerprint density at radius 2 is 1.67 bits per heavy atom. The zero-order chi connectivity index (χ0) is 23.6. The van der Waals surface area contributed by atoms with Gasteiger partial charge in [0.25, 0.3) is 0 Å². The van der Waals surface area contributed by atoms with E-state index >= 15 is 0 Å². The lowest BCUT2D eigenvalue weighted by Crippen LogP contribution is -2.35. The van der Waals surface area contributed by atoms with Gasteiger partial charge in [-0.05, 0) is 47.2 Å². The maximum atomic E-state index is 13.2. The summed E-state index contributed by atoms with van der Waals surface area (Å²) in [7, 11) is -3.53. The van der Waals surface area contributed by atoms with Crippen molar-refractivity contribution in [2.75, 3.05) is 31.1 Å². The number of hydrogen-bond acceptors (Lipinski definition) is 6. The third kappa shape index (κ3) is 5.74. The summed E-state index contributed by atoms with van der Waals surface area (Å²) in [6, 6.07) is 15.0. The highest BCUT2D eigenvalue weighted by Crippen LogP contribution is 2.26. The van der Waals surface area contributed by atoms with E-state index in [1.54, 1.807) is 16.4 Å². The van der Waals surface area contributed by atoms with Gasteiger partial charge in [-0.2, -0.15) is 8.68 Å². The quantitative estimate of drug-likeness (QED) is 0.490. The Kier molecular flexibility index (Phi) is 7.09. The molecular weight excluding hydrogens is 476 g/mol. The lowest BCUT2D eigenvalue weighted by Gasteiger charge is -2.22. The van der Waals surface area contributed by atoms with Gasteiger partial charge in [-0.15, -0.1) is 0 Å². The summed E-state index contributed by atoms with van der Waals surface area (Å²) in [6.45, 7) is 8.63. The molecule has 9 heteroatoms. The molecule has 0 N–H and O–H groups in total. The van der Waals surface area contributed by atoms with Gasteiger partial charge in [0.05, 0.1) is 4.90 Å². The molecule has 0 unspecified atom stereocenters. The van der Waals surface area contributed by atoms with Gasteiger partial charge in [0.2, 0.25) is 15.2 Å². The summed E-state index contributed by atoms with van der Waals surface area (Å²) in [5.41, 5.74) is 2.21. The molecule has 0 radical (unpaired) electrons. The Hall–Kier alpha value is -2.00. The zero-order valence-electron chi connectivity index (χ0n) is 19.2. The molecule has 4 rings (SSSR count). The number of aromatic nitrogens is 2. The van der Waals surface area contributed by atoms with Crippen molar-refractivity contribution >= 4 is 38.3 Å². The maximum absolute atomic E-state index is 13.2. The van der Waals surface area contributed by atoms with Crippen molar-refractivity contribution in [1.82, 2.24) is 13.7 Å². The molecule has 1 saturated heterocycles. The van der Waals surface area contributed by atoms with Crippen LogP contribution in [-0.2, 0) is 21.9 Å². The Bertz CT molecular complexity index is 1190. The number of anilines is 1. The van der Waals surface area contributed by atoms with Crippen molar-refractivity contribution in [3.05, 3.63) is 70.5 Å². The monoisotopic (exact) mass is 504 g/mol. The van der Waals surface area contributed by atoms with Crippen LogP contribution in [0.25, 0.3) is 0 Å². The number of halogens is 1. The van der Waals surface area contributed by atoms with E-state index in [-0.39, 0.29) is 5.41 Å². The summed E-state index contributed by atoms with van der Waals surface area (Å²) < 4.78 is 32.6. The van der Waals surface area contributed by atoms with E-state index < -0.39 is 10.0 Å². The normalized spacial score (nSPS) is 16.1. The van der Waals surface area contributed by atoms with E-state index in [0.29, 0.717) is 36.0 Å². The second-order valence-electron chi connectivity index (χ2n) is 9.32. The van der Waals surface area contributed by atoms with Crippen LogP contribution in [0.3, 0.4) is 0 Å². The van der Waals surface area contributed by atoms with Gasteiger partial charge in [-0.25, -0.2) is 13.4 Å². The Balaban J connectivity index is 1.42. The highest BCUT2D eigenvalue weighted by molar-refractivity contribution is 7.89. The van der Waals surface area contributed by atoms with Crippen molar-refractivity contribution in [3.63, 3.8) is 0 Å². The van der Waals surface area contributed by atoms with Gasteiger partial charge in [0.15, 0.2) is 0 Å². The number of nitrogens with zero attached hydrogens (tertiary/aromatic N) is 4. The van der Waals surface area contributed by atoms with Gasteiger partial charge in [0, 0.05) is 49.2 Å². The Morgan fingerprint density at radius 3 is 2.33 bits per heavy atom. The van der Waals surface area contributed by atoms with E-state index in [2.05, 4.69) is 30.0 Å². The predicted molar refractivity (Wildman–Crippen MR) is 135 cm³/mol. The van der Waals surface area contributed by atoms with Gasteiger partial charge in [-0.3, -0.25) is 0 Å². The highest BCUT2D eigenvalue weighted by atomic mass is 35.5. The molecule has 33 heavy (non-hydrogen) atoms. The van der Waals surface area contributed by atoms with Gasteiger partial charge in [-0.1, -0.05) is 56.6 Å². The molecule has 0 atom stereocenters. The maximum Gasteiger partial charge on any atom is 0.243 e. The molecule has 2 heterocycles. The number of sulfonamides is 1. The average Bonchev–Trinajstić information content (AvgIpc) is 3.08. The third-order valence-corrected chi connectivity index (χ3v) is 8.80. The standard InChI is InChI=1S/C24H29ClN4O2S2/c1-24(2,3)19-7-11-21(12-8-19)33(30,31)29-14-4-13-28(15-16-29)23-26-22(27-32-23)17-18-5-9-20(25)10-6-18/h5-12H,4,13-17H2,1-3H3. The van der Waals surface area contributed by atoms with E-state index in [1.165, 1.54) is 11.5 Å². The highest BCUT2D eigenvalue weighted by Gasteiger charge is 2.28. The van der Waals surface area contributed by atoms with Crippen LogP contribution in [0.15, 0.2) is 53.4 Å². The molecule has 3 aromatic rings. The molecule has 6 nitrogen and oxygen atoms in total. The molecule has 1 aliphatic heterocycles. The first-order valence-corrected chi connectivity index (χ1v) is 13.6. The van der Waals surface area contributed by atoms with Crippen LogP contribution in [0.1, 0.15) is 44.1 Å². The van der Waals surface area contributed by atoms with Crippen LogP contribution in [-0.4, -0.2) is 48.3 Å². The van der Waals surface area contributed by atoms with Gasteiger partial charge >= 0.3 is 0 Å². The van der Waals surface area contributed by atoms with Crippen molar-refractivity contribution in [2.24, 2.45) is 0 Å². The van der Waals surface area contributed by atoms with Crippen LogP contribution in [0.5, 0.6) is 0 Å². The molecule has 0 amide bonds. The molecule has 0 spiro atoms. The molecule has 1 aromatic heterocycles. The van der Waals surface area contributed by atoms with Crippen molar-refractivity contribution < 1.29 is 8.42 Å². The number of hydrogen-bond donors (Lipinski definition) is 0. The fraction of sp³-hybridized carbons (Fsp3) is 0.417. The lowest BCUT2D eigenvalue weighted by atomic mass is 9.87. The smallest absolute Gasteiger partial charge is 0.243 e. The Morgan fingerprint density at radius 1 is 0.970 bits per heavy atom. The van der Waals surface area contributed by atoms with Crippen LogP contribution >= 0.6 is 23.1 Å². The van der Waals surface area contributed by atoms with Crippen molar-refractivity contribution in [2.45, 2.75) is 43.9 Å². The summed E-state index contributed by atoms with van der Waals surface area (Å²) in [5.74, 6) is 0.769. The van der Waals surface area contributed by atoms with Crippen LogP contribution in [0, 0.1) is 0 Å². The lowest BCUT2D eigenvalue weighted by molar-refractivity contribution is 0.433. The topological polar surface area (TPSA) is 66.4 Å². The van der Waals surface area contributed by atoms with Crippen LogP contribution < -0.4 is 4.90 Å². The van der Waals surface area contributed by atoms with Crippen molar-refractivity contribution in [3.8, 4) is 0 Å². The second kappa shape index (κ2) is 9.70. The molecule has 0 aliphatic carbocycles. The summed E-state index contributed by atoms with van der Waals surface area (Å²) in [4.78, 5) is 7.20. The Labute approximate surface area is 205 Å². The summed E-state index contributed by atoms with van der Waals surface area (Å²) in [5, 5.41) is 1.55. The SMILES string of the molecule is CC(C)(C)c1ccc(S(=O)(=O)N2CCCN(c3nc(Cc4ccc(Cl)cc4)ns3)CC2)cc1. The number of rotatable bonds is 5. The third-order valence-electron chi connectivity index (χ3n) is 5.82. The molecule has 0 saturated carbocycles. The van der Waals surface area contributed by atoms with E-state index in [9.17, 15) is 8.42 Å². The first kappa shape index (κ1) is 24.1. The van der Waals surface area contributed by atoms with E-state index in [1.807, 2.05) is 36.4 Å². The molecular formula is C24H29ClN4O2S2. The zero-order valence-corrected chi connectivity index (χ0v) is 21.6. The molecule has 0 bridgehead atoms. The van der Waals surface area contributed by atoms with Crippen LogP contribution in [0.2, 0.25) is 5.02 Å². The number of benzene rings is 2. The van der Waals surface area contributed by atoms with Gasteiger partial charge < -0.3 is 4.90 Å². The summed E-state index contributed by atoms with van der Waals surface area (Å²) in [6.07, 6.45) is 1.39. The predicted octanol–water partition coefficient (Wildman–Crippen LogP) is 4.98. The fourth-order valence-electron chi connectivity index (χ4n) is 3.83. The second-order valence-corrected chi connectivity index (χ2v) is 12.4. The molecule has 176 valence electrons. The first-order valence-electron chi connectivity index (χ1n) is 11.1. The van der Waals surface area contributed by atoms with E-state index in [4.69, 9.17) is 16.6 Å². The minimum absolute atomic E-state index is 0.0143. The minimum Gasteiger partial charge on any atom is -0.345 e. The van der Waals surface area contributed by atoms with E-state index in [0.717, 1.165) is 35.0 Å². The largest absolute Gasteiger partial charge is 0.345 e. The summed E-state index contributed by atoms with van der Waals surface area (Å²) >= 11 is 7.33. The van der Waals surface area contributed by atoms with Gasteiger partial charge in [0.1, 0.15) is 5.82 Å². The molecule has 2 aromatic carbocycles. The average molecular weight is 505 g/mol.